The predicted molar refractivity (Wildman–Crippen MR) is 75.6 cm³/mol. The van der Waals surface area contributed by atoms with Gasteiger partial charge in [0, 0.05) is 20.0 Å². The molecular formula is C12H20N4O2S. The van der Waals surface area contributed by atoms with E-state index in [4.69, 9.17) is 4.74 Å². The number of anilines is 1. The summed E-state index contributed by atoms with van der Waals surface area (Å²) in [6, 6.07) is 0. The van der Waals surface area contributed by atoms with Gasteiger partial charge < -0.3 is 9.64 Å². The van der Waals surface area contributed by atoms with Gasteiger partial charge in [-0.15, -0.1) is 0 Å². The maximum absolute atomic E-state index is 11.4. The highest BCUT2D eigenvalue weighted by molar-refractivity contribution is 8.00. The Morgan fingerprint density at radius 3 is 2.32 bits per heavy atom. The molecule has 1 aromatic rings. The molecule has 1 atom stereocenters. The van der Waals surface area contributed by atoms with Crippen LogP contribution in [0.1, 0.15) is 32.5 Å². The second kappa shape index (κ2) is 6.70. The van der Waals surface area contributed by atoms with Crippen LogP contribution in [0.5, 0.6) is 0 Å². The fourth-order valence-corrected chi connectivity index (χ4v) is 2.03. The van der Waals surface area contributed by atoms with Gasteiger partial charge >= 0.3 is 5.97 Å². The maximum atomic E-state index is 11.4. The molecular weight excluding hydrogens is 264 g/mol. The first-order valence-electron chi connectivity index (χ1n) is 6.03. The number of carbonyl (C=O) groups excluding carboxylic acids is 1. The summed E-state index contributed by atoms with van der Waals surface area (Å²) in [5, 5.41) is 0.197. The van der Waals surface area contributed by atoms with Crippen molar-refractivity contribution in [2.24, 2.45) is 0 Å². The van der Waals surface area contributed by atoms with Crippen LogP contribution in [0.3, 0.4) is 0 Å². The summed E-state index contributed by atoms with van der Waals surface area (Å²) in [4.78, 5) is 26.3. The molecule has 0 aromatic carbocycles. The second-order valence-electron chi connectivity index (χ2n) is 4.61. The van der Waals surface area contributed by atoms with Gasteiger partial charge in [0.25, 0.3) is 0 Å². The van der Waals surface area contributed by atoms with Crippen LogP contribution in [0.15, 0.2) is 5.16 Å². The average molecular weight is 284 g/mol. The lowest BCUT2D eigenvalue weighted by atomic mass is 10.2. The monoisotopic (exact) mass is 284 g/mol. The number of methoxy groups -OCH3 is 1. The smallest absolute Gasteiger partial charge is 0.318 e. The molecule has 0 amide bonds. The number of hydrogen-bond donors (Lipinski definition) is 0. The summed E-state index contributed by atoms with van der Waals surface area (Å²) in [6.45, 7) is 5.81. The third kappa shape index (κ3) is 4.34. The van der Waals surface area contributed by atoms with E-state index in [0.717, 1.165) is 5.82 Å². The summed E-state index contributed by atoms with van der Waals surface area (Å²) in [5.74, 6) is 1.23. The summed E-state index contributed by atoms with van der Waals surface area (Å²) in [5.41, 5.74) is 0. The maximum Gasteiger partial charge on any atom is 0.318 e. The van der Waals surface area contributed by atoms with E-state index in [1.807, 2.05) is 32.8 Å². The van der Waals surface area contributed by atoms with Gasteiger partial charge in [0.1, 0.15) is 11.1 Å². The van der Waals surface area contributed by atoms with Crippen LogP contribution in [-0.4, -0.2) is 47.4 Å². The van der Waals surface area contributed by atoms with Crippen molar-refractivity contribution in [3.05, 3.63) is 5.82 Å². The van der Waals surface area contributed by atoms with E-state index in [-0.39, 0.29) is 17.1 Å². The van der Waals surface area contributed by atoms with Crippen LogP contribution >= 0.6 is 11.8 Å². The molecule has 0 saturated carbocycles. The van der Waals surface area contributed by atoms with Gasteiger partial charge in [0.15, 0.2) is 5.16 Å². The summed E-state index contributed by atoms with van der Waals surface area (Å²) in [6.07, 6.45) is 0. The minimum Gasteiger partial charge on any atom is -0.468 e. The molecule has 0 aliphatic heterocycles. The van der Waals surface area contributed by atoms with Gasteiger partial charge in [-0.1, -0.05) is 25.6 Å². The van der Waals surface area contributed by atoms with Gasteiger partial charge in [-0.3, -0.25) is 4.79 Å². The zero-order chi connectivity index (χ0) is 14.6. The third-order valence-corrected chi connectivity index (χ3v) is 3.29. The fourth-order valence-electron chi connectivity index (χ4n) is 1.24. The Hall–Kier alpha value is -1.37. The third-order valence-electron chi connectivity index (χ3n) is 2.35. The molecule has 0 saturated heterocycles. The standard InChI is InChI=1S/C12H20N4O2S/c1-7(2)9-13-11(16(4)5)15-12(14-9)19-8(3)10(17)18-6/h7-8H,1-6H3. The number of nitrogens with zero attached hydrogens (tertiary/aromatic N) is 4. The molecule has 0 fully saturated rings. The van der Waals surface area contributed by atoms with Crippen molar-refractivity contribution >= 4 is 23.7 Å². The molecule has 6 nitrogen and oxygen atoms in total. The number of hydrogen-bond acceptors (Lipinski definition) is 7. The Morgan fingerprint density at radius 2 is 1.84 bits per heavy atom. The Balaban J connectivity index is 3.03. The Labute approximate surface area is 118 Å². The summed E-state index contributed by atoms with van der Waals surface area (Å²) >= 11 is 1.28. The van der Waals surface area contributed by atoms with Gasteiger partial charge in [-0.2, -0.15) is 9.97 Å². The molecule has 0 radical (unpaired) electrons. The quantitative estimate of drug-likeness (QED) is 0.602. The Morgan fingerprint density at radius 1 is 1.21 bits per heavy atom. The van der Waals surface area contributed by atoms with Crippen molar-refractivity contribution in [3.63, 3.8) is 0 Å². The molecule has 19 heavy (non-hydrogen) atoms. The first kappa shape index (κ1) is 15.7. The van der Waals surface area contributed by atoms with Crippen LogP contribution in [0.25, 0.3) is 0 Å². The lowest BCUT2D eigenvalue weighted by molar-refractivity contribution is -0.139. The molecule has 106 valence electrons. The van der Waals surface area contributed by atoms with Crippen LogP contribution in [0.4, 0.5) is 5.95 Å². The normalized spacial score (nSPS) is 12.4. The van der Waals surface area contributed by atoms with Crippen molar-refractivity contribution in [1.82, 2.24) is 15.0 Å². The van der Waals surface area contributed by atoms with E-state index < -0.39 is 0 Å². The van der Waals surface area contributed by atoms with E-state index in [1.54, 1.807) is 6.92 Å². The van der Waals surface area contributed by atoms with Gasteiger partial charge in [0.05, 0.1) is 7.11 Å². The first-order valence-corrected chi connectivity index (χ1v) is 6.91. The van der Waals surface area contributed by atoms with E-state index in [2.05, 4.69) is 15.0 Å². The van der Waals surface area contributed by atoms with Crippen LogP contribution in [0.2, 0.25) is 0 Å². The number of carbonyl (C=O) groups is 1. The van der Waals surface area contributed by atoms with Gasteiger partial charge in [-0.05, 0) is 6.92 Å². The number of thioether (sulfide) groups is 1. The number of aromatic nitrogens is 3. The lowest BCUT2D eigenvalue weighted by Crippen LogP contribution is -2.18. The minimum atomic E-state index is -0.345. The molecule has 0 aliphatic rings. The SMILES string of the molecule is COC(=O)C(C)Sc1nc(C(C)C)nc(N(C)C)n1. The molecule has 1 heterocycles. The van der Waals surface area contributed by atoms with Gasteiger partial charge in [0.2, 0.25) is 5.95 Å². The Bertz CT molecular complexity index is 425. The number of esters is 1. The van der Waals surface area contributed by atoms with E-state index in [9.17, 15) is 4.79 Å². The first-order chi connectivity index (χ1) is 8.85. The number of ether oxygens (including phenoxy) is 1. The molecule has 0 spiro atoms. The predicted octanol–water partition coefficient (Wildman–Crippen LogP) is 1.71. The number of rotatable bonds is 5. The minimum absolute atomic E-state index is 0.203. The summed E-state index contributed by atoms with van der Waals surface area (Å²) < 4.78 is 4.70. The average Bonchev–Trinajstić information content (AvgIpc) is 2.37. The highest BCUT2D eigenvalue weighted by Crippen LogP contribution is 2.23. The molecule has 7 heteroatoms. The highest BCUT2D eigenvalue weighted by Gasteiger charge is 2.18. The largest absolute Gasteiger partial charge is 0.468 e. The lowest BCUT2D eigenvalue weighted by Gasteiger charge is -2.15. The molecule has 1 unspecified atom stereocenters. The molecule has 1 rings (SSSR count). The zero-order valence-electron chi connectivity index (χ0n) is 12.2. The molecule has 1 aromatic heterocycles. The zero-order valence-corrected chi connectivity index (χ0v) is 13.0. The molecule has 0 bridgehead atoms. The van der Waals surface area contributed by atoms with Crippen molar-refractivity contribution in [3.8, 4) is 0 Å². The van der Waals surface area contributed by atoms with Crippen LogP contribution in [-0.2, 0) is 9.53 Å². The van der Waals surface area contributed by atoms with Crippen molar-refractivity contribution < 1.29 is 9.53 Å². The van der Waals surface area contributed by atoms with Crippen molar-refractivity contribution in [1.29, 1.82) is 0 Å². The van der Waals surface area contributed by atoms with E-state index >= 15 is 0 Å². The summed E-state index contributed by atoms with van der Waals surface area (Å²) in [7, 11) is 5.12. The molecule has 0 N–H and O–H groups in total. The fraction of sp³-hybridized carbons (Fsp3) is 0.667. The highest BCUT2D eigenvalue weighted by atomic mass is 32.2. The Kier molecular flexibility index (Phi) is 5.53. The van der Waals surface area contributed by atoms with Crippen molar-refractivity contribution in [2.75, 3.05) is 26.1 Å². The van der Waals surface area contributed by atoms with Crippen LogP contribution in [0, 0.1) is 0 Å². The molecule has 0 aliphatic carbocycles. The van der Waals surface area contributed by atoms with E-state index in [1.165, 1.54) is 18.9 Å². The van der Waals surface area contributed by atoms with E-state index in [0.29, 0.717) is 11.1 Å². The second-order valence-corrected chi connectivity index (χ2v) is 5.92. The van der Waals surface area contributed by atoms with Crippen LogP contribution < -0.4 is 4.90 Å². The van der Waals surface area contributed by atoms with Crippen molar-refractivity contribution in [2.45, 2.75) is 37.1 Å². The van der Waals surface area contributed by atoms with Gasteiger partial charge in [-0.25, -0.2) is 4.98 Å². The topological polar surface area (TPSA) is 68.2 Å².